The molecule has 2 saturated heterocycles. The standard InChI is InChI=1S/C31H36N2O3/c1-35-22-30(34)33-17-15-31(16-18-33)23-32(21-28(31)25-10-4-3-5-11-25)20-24-9-8-12-26(19-24)27-13-6-7-14-29(27)36-2/h3-14,19,28H,15-18,20-23H2,1-2H3/t28-/m1/s1. The maximum absolute atomic E-state index is 12.4. The molecule has 1 amide bonds. The summed E-state index contributed by atoms with van der Waals surface area (Å²) in [6.45, 7) is 4.79. The summed E-state index contributed by atoms with van der Waals surface area (Å²) in [5, 5.41) is 0. The van der Waals surface area contributed by atoms with Gasteiger partial charge < -0.3 is 14.4 Å². The van der Waals surface area contributed by atoms with Gasteiger partial charge in [-0.15, -0.1) is 0 Å². The van der Waals surface area contributed by atoms with Crippen LogP contribution in [0.15, 0.2) is 78.9 Å². The topological polar surface area (TPSA) is 42.0 Å². The number of hydrogen-bond acceptors (Lipinski definition) is 4. The van der Waals surface area contributed by atoms with E-state index in [9.17, 15) is 4.79 Å². The second-order valence-electron chi connectivity index (χ2n) is 10.2. The SMILES string of the molecule is COCC(=O)N1CCC2(CC1)CN(Cc1cccc(-c3ccccc3OC)c1)C[C@@H]2c1ccccc1. The van der Waals surface area contributed by atoms with E-state index in [0.29, 0.717) is 5.92 Å². The lowest BCUT2D eigenvalue weighted by molar-refractivity contribution is -0.137. The number of ether oxygens (including phenoxy) is 2. The number of para-hydroxylation sites is 1. The molecule has 3 aromatic rings. The second-order valence-corrected chi connectivity index (χ2v) is 10.2. The number of carbonyl (C=O) groups excluding carboxylic acids is 1. The highest BCUT2D eigenvalue weighted by molar-refractivity contribution is 5.77. The molecule has 1 spiro atoms. The highest BCUT2D eigenvalue weighted by Crippen LogP contribution is 2.50. The minimum absolute atomic E-state index is 0.103. The molecule has 2 aliphatic heterocycles. The summed E-state index contributed by atoms with van der Waals surface area (Å²) in [7, 11) is 3.32. The van der Waals surface area contributed by atoms with E-state index in [4.69, 9.17) is 9.47 Å². The Labute approximate surface area is 214 Å². The number of rotatable bonds is 7. The number of nitrogens with zero attached hydrogens (tertiary/aromatic N) is 2. The van der Waals surface area contributed by atoms with Crippen molar-refractivity contribution >= 4 is 5.91 Å². The number of likely N-dealkylation sites (tertiary alicyclic amines) is 2. The molecule has 5 heteroatoms. The summed E-state index contributed by atoms with van der Waals surface area (Å²) in [4.78, 5) is 17.0. The zero-order valence-corrected chi connectivity index (χ0v) is 21.4. The Morgan fingerprint density at radius 1 is 0.944 bits per heavy atom. The van der Waals surface area contributed by atoms with Gasteiger partial charge in [0.15, 0.2) is 0 Å². The van der Waals surface area contributed by atoms with Crippen LogP contribution in [0.1, 0.15) is 29.9 Å². The van der Waals surface area contributed by atoms with Gasteiger partial charge in [-0.3, -0.25) is 9.69 Å². The van der Waals surface area contributed by atoms with Gasteiger partial charge in [-0.25, -0.2) is 0 Å². The third-order valence-corrected chi connectivity index (χ3v) is 8.05. The van der Waals surface area contributed by atoms with Crippen LogP contribution in [-0.2, 0) is 16.1 Å². The quantitative estimate of drug-likeness (QED) is 0.461. The number of carbonyl (C=O) groups is 1. The van der Waals surface area contributed by atoms with Crippen molar-refractivity contribution in [3.05, 3.63) is 90.0 Å². The van der Waals surface area contributed by atoms with Gasteiger partial charge in [0, 0.05) is 51.3 Å². The van der Waals surface area contributed by atoms with Crippen LogP contribution >= 0.6 is 0 Å². The summed E-state index contributed by atoms with van der Waals surface area (Å²) in [5.41, 5.74) is 5.22. The fraction of sp³-hybridized carbons (Fsp3) is 0.387. The van der Waals surface area contributed by atoms with Gasteiger partial charge in [0.05, 0.1) is 7.11 Å². The first-order valence-electron chi connectivity index (χ1n) is 12.9. The third kappa shape index (κ3) is 5.04. The number of piperidine rings is 1. The maximum Gasteiger partial charge on any atom is 0.248 e. The molecule has 0 saturated carbocycles. The monoisotopic (exact) mass is 484 g/mol. The fourth-order valence-corrected chi connectivity index (χ4v) is 6.24. The second kappa shape index (κ2) is 10.9. The molecule has 0 radical (unpaired) electrons. The predicted octanol–water partition coefficient (Wildman–Crippen LogP) is 5.22. The number of methoxy groups -OCH3 is 2. The lowest BCUT2D eigenvalue weighted by Crippen LogP contribution is -2.47. The highest BCUT2D eigenvalue weighted by Gasteiger charge is 2.48. The van der Waals surface area contributed by atoms with E-state index in [1.54, 1.807) is 14.2 Å². The molecular formula is C31H36N2O3. The fourth-order valence-electron chi connectivity index (χ4n) is 6.24. The first kappa shape index (κ1) is 24.5. The molecule has 5 rings (SSSR count). The van der Waals surface area contributed by atoms with Crippen LogP contribution in [0.2, 0.25) is 0 Å². The van der Waals surface area contributed by atoms with E-state index in [1.165, 1.54) is 16.7 Å². The van der Waals surface area contributed by atoms with Gasteiger partial charge >= 0.3 is 0 Å². The summed E-state index contributed by atoms with van der Waals surface area (Å²) >= 11 is 0. The van der Waals surface area contributed by atoms with Crippen molar-refractivity contribution in [1.82, 2.24) is 9.80 Å². The van der Waals surface area contributed by atoms with Gasteiger partial charge in [0.2, 0.25) is 5.91 Å². The van der Waals surface area contributed by atoms with Crippen molar-refractivity contribution in [3.8, 4) is 16.9 Å². The van der Waals surface area contributed by atoms with Crippen molar-refractivity contribution in [3.63, 3.8) is 0 Å². The average Bonchev–Trinajstić information content (AvgIpc) is 3.26. The lowest BCUT2D eigenvalue weighted by Gasteiger charge is -2.43. The van der Waals surface area contributed by atoms with E-state index in [1.807, 2.05) is 17.0 Å². The summed E-state index contributed by atoms with van der Waals surface area (Å²) in [6, 6.07) is 28.0. The van der Waals surface area contributed by atoms with Crippen LogP contribution in [0.4, 0.5) is 0 Å². The first-order chi connectivity index (χ1) is 17.6. The van der Waals surface area contributed by atoms with Crippen molar-refractivity contribution in [1.29, 1.82) is 0 Å². The summed E-state index contributed by atoms with van der Waals surface area (Å²) in [6.07, 6.45) is 2.06. The summed E-state index contributed by atoms with van der Waals surface area (Å²) in [5.74, 6) is 1.47. The number of hydrogen-bond donors (Lipinski definition) is 0. The third-order valence-electron chi connectivity index (χ3n) is 8.05. The van der Waals surface area contributed by atoms with Crippen molar-refractivity contribution in [2.75, 3.05) is 47.0 Å². The molecule has 0 aromatic heterocycles. The van der Waals surface area contributed by atoms with E-state index in [0.717, 1.165) is 56.9 Å². The van der Waals surface area contributed by atoms with Crippen LogP contribution in [-0.4, -0.2) is 62.7 Å². The van der Waals surface area contributed by atoms with Gasteiger partial charge in [0.25, 0.3) is 0 Å². The molecule has 36 heavy (non-hydrogen) atoms. The predicted molar refractivity (Wildman–Crippen MR) is 143 cm³/mol. The number of benzene rings is 3. The van der Waals surface area contributed by atoms with Crippen molar-refractivity contribution in [2.24, 2.45) is 5.41 Å². The Morgan fingerprint density at radius 3 is 2.44 bits per heavy atom. The smallest absolute Gasteiger partial charge is 0.248 e. The van der Waals surface area contributed by atoms with Crippen LogP contribution in [0, 0.1) is 5.41 Å². The molecule has 0 aliphatic carbocycles. The van der Waals surface area contributed by atoms with Gasteiger partial charge in [-0.1, -0.05) is 66.7 Å². The molecule has 3 aromatic carbocycles. The Balaban J connectivity index is 1.36. The van der Waals surface area contributed by atoms with E-state index in [-0.39, 0.29) is 17.9 Å². The number of amides is 1. The molecule has 2 heterocycles. The minimum atomic E-state index is 0.103. The normalized spacial score (nSPS) is 19.5. The Bertz CT molecular complexity index is 1170. The highest BCUT2D eigenvalue weighted by atomic mass is 16.5. The van der Waals surface area contributed by atoms with Crippen molar-refractivity contribution in [2.45, 2.75) is 25.3 Å². The molecule has 2 aliphatic rings. The maximum atomic E-state index is 12.4. The van der Waals surface area contributed by atoms with Gasteiger partial charge in [-0.05, 0) is 47.1 Å². The van der Waals surface area contributed by atoms with E-state index < -0.39 is 0 Å². The Morgan fingerprint density at radius 2 is 1.69 bits per heavy atom. The molecule has 0 unspecified atom stereocenters. The Kier molecular flexibility index (Phi) is 7.40. The van der Waals surface area contributed by atoms with E-state index >= 15 is 0 Å². The van der Waals surface area contributed by atoms with Crippen LogP contribution < -0.4 is 4.74 Å². The molecule has 0 N–H and O–H groups in total. The zero-order chi connectivity index (χ0) is 25.0. The molecule has 0 bridgehead atoms. The van der Waals surface area contributed by atoms with Crippen LogP contribution in [0.25, 0.3) is 11.1 Å². The van der Waals surface area contributed by atoms with Crippen molar-refractivity contribution < 1.29 is 14.3 Å². The molecule has 5 nitrogen and oxygen atoms in total. The van der Waals surface area contributed by atoms with Crippen LogP contribution in [0.3, 0.4) is 0 Å². The summed E-state index contributed by atoms with van der Waals surface area (Å²) < 4.78 is 10.7. The van der Waals surface area contributed by atoms with Gasteiger partial charge in [-0.2, -0.15) is 0 Å². The zero-order valence-electron chi connectivity index (χ0n) is 21.4. The molecular weight excluding hydrogens is 448 g/mol. The molecule has 2 fully saturated rings. The van der Waals surface area contributed by atoms with Gasteiger partial charge in [0.1, 0.15) is 12.4 Å². The molecule has 188 valence electrons. The lowest BCUT2D eigenvalue weighted by atomic mass is 9.68. The first-order valence-corrected chi connectivity index (χ1v) is 12.9. The largest absolute Gasteiger partial charge is 0.496 e. The minimum Gasteiger partial charge on any atom is -0.496 e. The van der Waals surface area contributed by atoms with Crippen LogP contribution in [0.5, 0.6) is 5.75 Å². The van der Waals surface area contributed by atoms with E-state index in [2.05, 4.69) is 71.6 Å². The molecule has 1 atom stereocenters. The average molecular weight is 485 g/mol. The Hall–Kier alpha value is -3.15.